The van der Waals surface area contributed by atoms with Crippen molar-refractivity contribution < 1.29 is 18.0 Å². The smallest absolute Gasteiger partial charge is 0.356 e. The predicted molar refractivity (Wildman–Crippen MR) is 107 cm³/mol. The van der Waals surface area contributed by atoms with Crippen LogP contribution < -0.4 is 9.80 Å². The second kappa shape index (κ2) is 7.35. The van der Waals surface area contributed by atoms with Crippen molar-refractivity contribution in [2.24, 2.45) is 5.92 Å². The number of carbonyl (C=O) groups is 1. The zero-order chi connectivity index (χ0) is 21.8. The van der Waals surface area contributed by atoms with Crippen LogP contribution in [-0.2, 0) is 24.1 Å². The first-order valence-electron chi connectivity index (χ1n) is 10.5. The molecule has 5 heterocycles. The van der Waals surface area contributed by atoms with E-state index in [1.807, 2.05) is 6.92 Å². The fourth-order valence-electron chi connectivity index (χ4n) is 4.50. The number of hydrogen-bond acceptors (Lipinski definition) is 6. The monoisotopic (exact) mass is 432 g/mol. The molecular formula is C21H23F3N6O. The van der Waals surface area contributed by atoms with Crippen LogP contribution in [0.15, 0.2) is 18.3 Å². The maximum absolute atomic E-state index is 13.2. The molecule has 0 saturated carbocycles. The molecule has 2 fully saturated rings. The molecule has 7 nitrogen and oxygen atoms in total. The molecule has 5 rings (SSSR count). The summed E-state index contributed by atoms with van der Waals surface area (Å²) in [7, 11) is 0. The molecule has 164 valence electrons. The molecule has 1 amide bonds. The molecule has 0 unspecified atom stereocenters. The van der Waals surface area contributed by atoms with Crippen molar-refractivity contribution in [2.45, 2.75) is 39.0 Å². The molecule has 2 aromatic rings. The highest BCUT2D eigenvalue weighted by atomic mass is 19.4. The third-order valence-electron chi connectivity index (χ3n) is 6.27. The Morgan fingerprint density at radius 3 is 2.65 bits per heavy atom. The largest absolute Gasteiger partial charge is 0.416 e. The van der Waals surface area contributed by atoms with E-state index < -0.39 is 11.7 Å². The summed E-state index contributed by atoms with van der Waals surface area (Å²) in [5.74, 6) is 1.64. The van der Waals surface area contributed by atoms with E-state index in [0.29, 0.717) is 38.4 Å². The van der Waals surface area contributed by atoms with Gasteiger partial charge in [0.1, 0.15) is 17.5 Å². The van der Waals surface area contributed by atoms with Gasteiger partial charge < -0.3 is 14.7 Å². The van der Waals surface area contributed by atoms with E-state index in [0.717, 1.165) is 48.7 Å². The standard InChI is InChI=1S/C21H23F3N6O/c1-13-26-17-12-30(11-16(17)19(27-13)28-6-2-7-28)20(31)14-4-8-29(10-14)18-9-15(3-5-25-18)21(22,23)24/h3,5,9,14H,2,4,6-8,10-12H2,1H3/t14-/m1/s1. The van der Waals surface area contributed by atoms with Crippen LogP contribution in [0.1, 0.15) is 35.5 Å². The number of fused-ring (bicyclic) bond motifs is 1. The van der Waals surface area contributed by atoms with Crippen LogP contribution in [-0.4, -0.2) is 51.9 Å². The van der Waals surface area contributed by atoms with E-state index in [1.165, 1.54) is 6.20 Å². The highest BCUT2D eigenvalue weighted by Gasteiger charge is 2.38. The number of anilines is 2. The van der Waals surface area contributed by atoms with Gasteiger partial charge in [0.15, 0.2) is 0 Å². The minimum atomic E-state index is -4.42. The highest BCUT2D eigenvalue weighted by molar-refractivity contribution is 5.81. The summed E-state index contributed by atoms with van der Waals surface area (Å²) in [6, 6.07) is 2.01. The zero-order valence-corrected chi connectivity index (χ0v) is 17.2. The lowest BCUT2D eigenvalue weighted by molar-refractivity contribution is -0.137. The third-order valence-corrected chi connectivity index (χ3v) is 6.27. The lowest BCUT2D eigenvalue weighted by atomic mass is 10.1. The summed E-state index contributed by atoms with van der Waals surface area (Å²) in [5.41, 5.74) is 1.19. The summed E-state index contributed by atoms with van der Waals surface area (Å²) in [4.78, 5) is 32.2. The first-order chi connectivity index (χ1) is 14.8. The van der Waals surface area contributed by atoms with Gasteiger partial charge in [-0.05, 0) is 31.9 Å². The average Bonchev–Trinajstić information content (AvgIpc) is 3.33. The molecule has 3 aliphatic rings. The van der Waals surface area contributed by atoms with Gasteiger partial charge in [0, 0.05) is 37.9 Å². The molecule has 2 saturated heterocycles. The second-order valence-electron chi connectivity index (χ2n) is 8.39. The van der Waals surface area contributed by atoms with Crippen LogP contribution in [0.3, 0.4) is 0 Å². The Morgan fingerprint density at radius 2 is 1.94 bits per heavy atom. The molecule has 3 aliphatic heterocycles. The summed E-state index contributed by atoms with van der Waals surface area (Å²) >= 11 is 0. The summed E-state index contributed by atoms with van der Waals surface area (Å²) < 4.78 is 39.1. The summed E-state index contributed by atoms with van der Waals surface area (Å²) in [6.45, 7) is 5.62. The number of hydrogen-bond donors (Lipinski definition) is 0. The van der Waals surface area contributed by atoms with Gasteiger partial charge in [0.05, 0.1) is 30.3 Å². The Hall–Kier alpha value is -2.91. The molecule has 0 N–H and O–H groups in total. The molecule has 0 aromatic carbocycles. The van der Waals surface area contributed by atoms with Crippen molar-refractivity contribution >= 4 is 17.5 Å². The summed E-state index contributed by atoms with van der Waals surface area (Å²) in [6.07, 6.45) is -1.51. The van der Waals surface area contributed by atoms with Gasteiger partial charge in [0.2, 0.25) is 5.91 Å². The number of halogens is 3. The predicted octanol–water partition coefficient (Wildman–Crippen LogP) is 2.78. The number of aromatic nitrogens is 3. The number of carbonyl (C=O) groups excluding carboxylic acids is 1. The van der Waals surface area contributed by atoms with Gasteiger partial charge in [-0.15, -0.1) is 0 Å². The van der Waals surface area contributed by atoms with Crippen LogP contribution in [0.25, 0.3) is 0 Å². The van der Waals surface area contributed by atoms with Gasteiger partial charge in [-0.3, -0.25) is 4.79 Å². The van der Waals surface area contributed by atoms with Crippen LogP contribution >= 0.6 is 0 Å². The number of aryl methyl sites for hydroxylation is 1. The third kappa shape index (κ3) is 3.68. The molecule has 0 aliphatic carbocycles. The molecule has 1 atom stereocenters. The fraction of sp³-hybridized carbons (Fsp3) is 0.524. The van der Waals surface area contributed by atoms with Crippen LogP contribution in [0, 0.1) is 12.8 Å². The van der Waals surface area contributed by atoms with Crippen molar-refractivity contribution in [2.75, 3.05) is 36.0 Å². The summed E-state index contributed by atoms with van der Waals surface area (Å²) in [5, 5.41) is 0. The van der Waals surface area contributed by atoms with E-state index in [1.54, 1.807) is 9.80 Å². The quantitative estimate of drug-likeness (QED) is 0.743. The zero-order valence-electron chi connectivity index (χ0n) is 17.2. The molecule has 0 radical (unpaired) electrons. The number of nitrogens with zero attached hydrogens (tertiary/aromatic N) is 6. The number of rotatable bonds is 3. The first-order valence-corrected chi connectivity index (χ1v) is 10.5. The lowest BCUT2D eigenvalue weighted by Crippen LogP contribution is -2.39. The van der Waals surface area contributed by atoms with E-state index in [2.05, 4.69) is 19.9 Å². The Morgan fingerprint density at radius 1 is 1.13 bits per heavy atom. The van der Waals surface area contributed by atoms with Gasteiger partial charge in [-0.25, -0.2) is 15.0 Å². The normalized spacial score (nSPS) is 20.8. The maximum atomic E-state index is 13.2. The number of pyridine rings is 1. The van der Waals surface area contributed by atoms with Crippen molar-refractivity contribution in [3.63, 3.8) is 0 Å². The minimum Gasteiger partial charge on any atom is -0.356 e. The van der Waals surface area contributed by atoms with Crippen molar-refractivity contribution in [3.05, 3.63) is 41.0 Å². The fourth-order valence-corrected chi connectivity index (χ4v) is 4.50. The Bertz CT molecular complexity index is 1020. The van der Waals surface area contributed by atoms with Crippen LogP contribution in [0.2, 0.25) is 0 Å². The molecule has 0 spiro atoms. The van der Waals surface area contributed by atoms with E-state index in [4.69, 9.17) is 0 Å². The highest BCUT2D eigenvalue weighted by Crippen LogP contribution is 2.35. The molecule has 10 heteroatoms. The average molecular weight is 432 g/mol. The van der Waals surface area contributed by atoms with Gasteiger partial charge in [-0.2, -0.15) is 13.2 Å². The molecule has 31 heavy (non-hydrogen) atoms. The lowest BCUT2D eigenvalue weighted by Gasteiger charge is -2.33. The van der Waals surface area contributed by atoms with Crippen molar-refractivity contribution in [1.29, 1.82) is 0 Å². The Kier molecular flexibility index (Phi) is 4.75. The second-order valence-corrected chi connectivity index (χ2v) is 8.39. The topological polar surface area (TPSA) is 65.5 Å². The molecule has 2 aromatic heterocycles. The first kappa shape index (κ1) is 20.0. The van der Waals surface area contributed by atoms with E-state index in [-0.39, 0.29) is 17.6 Å². The molecular weight excluding hydrogens is 409 g/mol. The number of alkyl halides is 3. The Labute approximate surface area is 177 Å². The van der Waals surface area contributed by atoms with Crippen molar-refractivity contribution in [3.8, 4) is 0 Å². The van der Waals surface area contributed by atoms with Gasteiger partial charge >= 0.3 is 6.18 Å². The minimum absolute atomic E-state index is 0.0136. The van der Waals surface area contributed by atoms with Crippen molar-refractivity contribution in [1.82, 2.24) is 19.9 Å². The van der Waals surface area contributed by atoms with E-state index in [9.17, 15) is 18.0 Å². The molecule has 0 bridgehead atoms. The van der Waals surface area contributed by atoms with Gasteiger partial charge in [-0.1, -0.05) is 0 Å². The van der Waals surface area contributed by atoms with Gasteiger partial charge in [0.25, 0.3) is 0 Å². The SMILES string of the molecule is Cc1nc2c(c(N3CCC3)n1)CN(C(=O)[C@@H]1CCN(c3cc(C(F)(F)F)ccn3)C1)C2. The van der Waals surface area contributed by atoms with E-state index >= 15 is 0 Å². The van der Waals surface area contributed by atoms with Crippen LogP contribution in [0.4, 0.5) is 24.8 Å². The Balaban J connectivity index is 1.29. The van der Waals surface area contributed by atoms with Crippen LogP contribution in [0.5, 0.6) is 0 Å². The number of amides is 1. The maximum Gasteiger partial charge on any atom is 0.416 e.